The van der Waals surface area contributed by atoms with E-state index in [0.29, 0.717) is 15.8 Å². The Hall–Kier alpha value is -0.940. The van der Waals surface area contributed by atoms with Gasteiger partial charge in [0, 0.05) is 30.3 Å². The first-order valence-electron chi connectivity index (χ1n) is 5.40. The molecule has 2 heterocycles. The van der Waals surface area contributed by atoms with Crippen LogP contribution in [0.15, 0.2) is 12.3 Å². The maximum Gasteiger partial charge on any atom is 0.255 e. The zero-order chi connectivity index (χ0) is 12.4. The molecule has 1 saturated heterocycles. The first-order chi connectivity index (χ1) is 8.08. The van der Waals surface area contributed by atoms with Crippen molar-refractivity contribution in [2.24, 2.45) is 0 Å². The molecule has 2 N–H and O–H groups in total. The van der Waals surface area contributed by atoms with Gasteiger partial charge in [0.05, 0.1) is 10.6 Å². The standard InChI is InChI=1S/C11H14ClN3OS/c1-7-6-15(2-3-17-7)11(16)8-4-9(12)10(13)14-5-8/h4-5,7H,2-3,6H2,1H3,(H2,13,14). The molecule has 0 saturated carbocycles. The average molecular weight is 272 g/mol. The van der Waals surface area contributed by atoms with Crippen molar-refractivity contribution >= 4 is 35.1 Å². The van der Waals surface area contributed by atoms with E-state index in [-0.39, 0.29) is 11.7 Å². The second kappa shape index (κ2) is 5.14. The third-order valence-corrected chi connectivity index (χ3v) is 4.08. The van der Waals surface area contributed by atoms with Gasteiger partial charge in [-0.1, -0.05) is 18.5 Å². The maximum atomic E-state index is 12.2. The normalized spacial score (nSPS) is 20.4. The van der Waals surface area contributed by atoms with E-state index in [1.807, 2.05) is 16.7 Å². The lowest BCUT2D eigenvalue weighted by Gasteiger charge is -2.30. The van der Waals surface area contributed by atoms with E-state index in [0.717, 1.165) is 18.8 Å². The molecule has 4 nitrogen and oxygen atoms in total. The number of thioether (sulfide) groups is 1. The van der Waals surface area contributed by atoms with Gasteiger partial charge in [-0.25, -0.2) is 4.98 Å². The lowest BCUT2D eigenvalue weighted by atomic mass is 10.2. The van der Waals surface area contributed by atoms with E-state index >= 15 is 0 Å². The number of pyridine rings is 1. The quantitative estimate of drug-likeness (QED) is 0.847. The summed E-state index contributed by atoms with van der Waals surface area (Å²) in [6, 6.07) is 1.58. The van der Waals surface area contributed by atoms with Crippen LogP contribution in [0.25, 0.3) is 0 Å². The molecule has 1 aromatic heterocycles. The Kier molecular flexibility index (Phi) is 3.79. The van der Waals surface area contributed by atoms with Crippen molar-refractivity contribution < 1.29 is 4.79 Å². The van der Waals surface area contributed by atoms with Crippen molar-refractivity contribution in [1.29, 1.82) is 0 Å². The van der Waals surface area contributed by atoms with E-state index in [9.17, 15) is 4.79 Å². The van der Waals surface area contributed by atoms with Gasteiger partial charge in [0.25, 0.3) is 5.91 Å². The summed E-state index contributed by atoms with van der Waals surface area (Å²) in [5.74, 6) is 1.21. The van der Waals surface area contributed by atoms with Crippen molar-refractivity contribution in [3.05, 3.63) is 22.8 Å². The van der Waals surface area contributed by atoms with E-state index in [1.165, 1.54) is 6.20 Å². The smallest absolute Gasteiger partial charge is 0.255 e. The summed E-state index contributed by atoms with van der Waals surface area (Å²) in [5.41, 5.74) is 6.02. The highest BCUT2D eigenvalue weighted by atomic mass is 35.5. The molecule has 0 aliphatic carbocycles. The summed E-state index contributed by atoms with van der Waals surface area (Å²) < 4.78 is 0. The highest BCUT2D eigenvalue weighted by Gasteiger charge is 2.22. The number of anilines is 1. The molecule has 1 amide bonds. The van der Waals surface area contributed by atoms with Gasteiger partial charge in [-0.3, -0.25) is 4.79 Å². The first kappa shape index (κ1) is 12.5. The Morgan fingerprint density at radius 2 is 2.47 bits per heavy atom. The molecule has 1 aromatic rings. The summed E-state index contributed by atoms with van der Waals surface area (Å²) in [6.45, 7) is 3.67. The number of carbonyl (C=O) groups excluding carboxylic acids is 1. The SMILES string of the molecule is CC1CN(C(=O)c2cnc(N)c(Cl)c2)CCS1. The number of nitrogens with zero attached hydrogens (tertiary/aromatic N) is 2. The number of hydrogen-bond donors (Lipinski definition) is 1. The Morgan fingerprint density at radius 1 is 1.71 bits per heavy atom. The largest absolute Gasteiger partial charge is 0.382 e. The number of halogens is 1. The maximum absolute atomic E-state index is 12.2. The molecule has 0 aromatic carbocycles. The fourth-order valence-corrected chi connectivity index (χ4v) is 2.93. The van der Waals surface area contributed by atoms with Gasteiger partial charge < -0.3 is 10.6 Å². The monoisotopic (exact) mass is 271 g/mol. The van der Waals surface area contributed by atoms with Crippen LogP contribution in [-0.2, 0) is 0 Å². The van der Waals surface area contributed by atoms with E-state index in [1.54, 1.807) is 6.07 Å². The minimum atomic E-state index is -0.0217. The molecule has 92 valence electrons. The first-order valence-corrected chi connectivity index (χ1v) is 6.82. The molecule has 17 heavy (non-hydrogen) atoms. The molecular formula is C11H14ClN3OS. The van der Waals surface area contributed by atoms with Crippen LogP contribution in [0.2, 0.25) is 5.02 Å². The predicted octanol–water partition coefficient (Wildman–Crippen LogP) is 1.89. The van der Waals surface area contributed by atoms with Crippen molar-refractivity contribution in [3.63, 3.8) is 0 Å². The van der Waals surface area contributed by atoms with E-state index < -0.39 is 0 Å². The van der Waals surface area contributed by atoms with Crippen LogP contribution in [0.5, 0.6) is 0 Å². The third kappa shape index (κ3) is 2.84. The summed E-state index contributed by atoms with van der Waals surface area (Å²) >= 11 is 7.75. The Balaban J connectivity index is 2.15. The number of rotatable bonds is 1. The fraction of sp³-hybridized carbons (Fsp3) is 0.455. The minimum Gasteiger partial charge on any atom is -0.382 e. The average Bonchev–Trinajstić information content (AvgIpc) is 2.32. The van der Waals surface area contributed by atoms with Crippen LogP contribution < -0.4 is 5.73 Å². The number of carbonyl (C=O) groups is 1. The van der Waals surface area contributed by atoms with Gasteiger partial charge in [0.2, 0.25) is 0 Å². The summed E-state index contributed by atoms with van der Waals surface area (Å²) in [4.78, 5) is 17.9. The van der Waals surface area contributed by atoms with Crippen LogP contribution in [0, 0.1) is 0 Å². The predicted molar refractivity (Wildman–Crippen MR) is 71.5 cm³/mol. The van der Waals surface area contributed by atoms with Gasteiger partial charge in [-0.2, -0.15) is 11.8 Å². The Bertz CT molecular complexity index is 441. The number of nitrogens with two attached hydrogens (primary N) is 1. The molecule has 2 rings (SSSR count). The van der Waals surface area contributed by atoms with Crippen molar-refractivity contribution in [1.82, 2.24) is 9.88 Å². The minimum absolute atomic E-state index is 0.0217. The number of hydrogen-bond acceptors (Lipinski definition) is 4. The highest BCUT2D eigenvalue weighted by Crippen LogP contribution is 2.21. The van der Waals surface area contributed by atoms with Gasteiger partial charge >= 0.3 is 0 Å². The van der Waals surface area contributed by atoms with Gasteiger partial charge in [0.1, 0.15) is 5.82 Å². The lowest BCUT2D eigenvalue weighted by molar-refractivity contribution is 0.0763. The molecule has 0 bridgehead atoms. The molecule has 6 heteroatoms. The topological polar surface area (TPSA) is 59.2 Å². The van der Waals surface area contributed by atoms with Crippen LogP contribution in [0.1, 0.15) is 17.3 Å². The molecule has 1 unspecified atom stereocenters. The van der Waals surface area contributed by atoms with Crippen LogP contribution in [0.3, 0.4) is 0 Å². The molecule has 1 aliphatic heterocycles. The van der Waals surface area contributed by atoms with Gasteiger partial charge in [-0.05, 0) is 6.07 Å². The summed E-state index contributed by atoms with van der Waals surface area (Å²) in [6.07, 6.45) is 1.48. The zero-order valence-electron chi connectivity index (χ0n) is 9.52. The lowest BCUT2D eigenvalue weighted by Crippen LogP contribution is -2.41. The van der Waals surface area contributed by atoms with Crippen LogP contribution in [-0.4, -0.2) is 39.9 Å². The second-order valence-corrected chi connectivity index (χ2v) is 5.98. The number of amides is 1. The molecule has 1 aliphatic rings. The molecule has 0 spiro atoms. The van der Waals surface area contributed by atoms with Crippen LogP contribution >= 0.6 is 23.4 Å². The van der Waals surface area contributed by atoms with Gasteiger partial charge in [0.15, 0.2) is 0 Å². The molecular weight excluding hydrogens is 258 g/mol. The summed E-state index contributed by atoms with van der Waals surface area (Å²) in [5, 5.41) is 0.806. The van der Waals surface area contributed by atoms with E-state index in [4.69, 9.17) is 17.3 Å². The fourth-order valence-electron chi connectivity index (χ4n) is 1.75. The molecule has 1 fully saturated rings. The van der Waals surface area contributed by atoms with Gasteiger partial charge in [-0.15, -0.1) is 0 Å². The molecule has 1 atom stereocenters. The van der Waals surface area contributed by atoms with Crippen molar-refractivity contribution in [2.75, 3.05) is 24.6 Å². The Morgan fingerprint density at radius 3 is 3.12 bits per heavy atom. The van der Waals surface area contributed by atoms with Crippen LogP contribution in [0.4, 0.5) is 5.82 Å². The highest BCUT2D eigenvalue weighted by molar-refractivity contribution is 7.99. The number of nitrogen functional groups attached to an aromatic ring is 1. The second-order valence-electron chi connectivity index (χ2n) is 4.02. The molecule has 0 radical (unpaired) electrons. The summed E-state index contributed by atoms with van der Waals surface area (Å²) in [7, 11) is 0. The zero-order valence-corrected chi connectivity index (χ0v) is 11.1. The Labute approximate surface area is 110 Å². The third-order valence-electron chi connectivity index (χ3n) is 2.64. The van der Waals surface area contributed by atoms with Crippen molar-refractivity contribution in [2.45, 2.75) is 12.2 Å². The van der Waals surface area contributed by atoms with Crippen molar-refractivity contribution in [3.8, 4) is 0 Å². The number of aromatic nitrogens is 1. The van der Waals surface area contributed by atoms with E-state index in [2.05, 4.69) is 11.9 Å².